The van der Waals surface area contributed by atoms with Gasteiger partial charge in [-0.05, 0) is 48.4 Å². The number of rotatable bonds is 3. The van der Waals surface area contributed by atoms with E-state index >= 15 is 0 Å². The molecule has 2 N–H and O–H groups in total. The second-order valence-electron chi connectivity index (χ2n) is 6.42. The number of aryl methyl sites for hydroxylation is 1. The molecule has 0 saturated carbocycles. The Morgan fingerprint density at radius 2 is 1.81 bits per heavy atom. The van der Waals surface area contributed by atoms with Crippen LogP contribution in [0.4, 0.5) is 10.1 Å². The molecule has 1 atom stereocenters. The fourth-order valence-electron chi connectivity index (χ4n) is 3.64. The largest absolute Gasteiger partial charge is 0.465 e. The Kier molecular flexibility index (Phi) is 4.03. The Balaban J connectivity index is 1.99. The van der Waals surface area contributed by atoms with Crippen LogP contribution in [0.5, 0.6) is 0 Å². The van der Waals surface area contributed by atoms with Crippen molar-refractivity contribution in [1.29, 1.82) is 0 Å². The number of carbonyl (C=O) groups excluding carboxylic acids is 2. The number of hydrogen-bond acceptors (Lipinski definition) is 3. The fourth-order valence-corrected chi connectivity index (χ4v) is 3.64. The smallest absolute Gasteiger partial charge is 0.340 e. The van der Waals surface area contributed by atoms with E-state index in [1.54, 1.807) is 19.1 Å². The number of nitrogens with one attached hydrogen (secondary N) is 2. The van der Waals surface area contributed by atoms with Gasteiger partial charge in [-0.1, -0.05) is 18.2 Å². The van der Waals surface area contributed by atoms with E-state index in [0.717, 1.165) is 5.56 Å². The first-order chi connectivity index (χ1) is 13.0. The minimum atomic E-state index is -0.666. The predicted octanol–water partition coefficient (Wildman–Crippen LogP) is 4.00. The van der Waals surface area contributed by atoms with Crippen molar-refractivity contribution in [3.63, 3.8) is 0 Å². The topological polar surface area (TPSA) is 71.2 Å². The second-order valence-corrected chi connectivity index (χ2v) is 6.42. The summed E-state index contributed by atoms with van der Waals surface area (Å²) in [5, 5.41) is 2.86. The SMILES string of the molecule is COC(=O)c1c(C)[nH]c(-c2ccc(F)cc2)c1[C@@H]1C(=O)Nc2ccccc21. The van der Waals surface area contributed by atoms with Gasteiger partial charge in [0.05, 0.1) is 24.3 Å². The summed E-state index contributed by atoms with van der Waals surface area (Å²) < 4.78 is 18.3. The van der Waals surface area contributed by atoms with Crippen molar-refractivity contribution in [3.8, 4) is 11.3 Å². The number of hydrogen-bond donors (Lipinski definition) is 2. The maximum atomic E-state index is 13.4. The van der Waals surface area contributed by atoms with Gasteiger partial charge in [0.2, 0.25) is 5.91 Å². The third kappa shape index (κ3) is 2.70. The summed E-state index contributed by atoms with van der Waals surface area (Å²) in [5.74, 6) is -1.77. The third-order valence-corrected chi connectivity index (χ3v) is 4.83. The summed E-state index contributed by atoms with van der Waals surface area (Å²) in [5.41, 5.74) is 4.24. The molecule has 136 valence electrons. The number of aromatic amines is 1. The van der Waals surface area contributed by atoms with Crippen LogP contribution in [0.15, 0.2) is 48.5 Å². The van der Waals surface area contributed by atoms with Gasteiger partial charge in [-0.25, -0.2) is 9.18 Å². The molecular weight excluding hydrogens is 347 g/mol. The van der Waals surface area contributed by atoms with Gasteiger partial charge in [-0.3, -0.25) is 4.79 Å². The van der Waals surface area contributed by atoms with Crippen LogP contribution in [0.25, 0.3) is 11.3 Å². The van der Waals surface area contributed by atoms with Crippen molar-refractivity contribution < 1.29 is 18.7 Å². The predicted molar refractivity (Wildman–Crippen MR) is 99.2 cm³/mol. The van der Waals surface area contributed by atoms with Gasteiger partial charge < -0.3 is 15.0 Å². The molecule has 27 heavy (non-hydrogen) atoms. The summed E-state index contributed by atoms with van der Waals surface area (Å²) >= 11 is 0. The zero-order valence-electron chi connectivity index (χ0n) is 14.8. The Morgan fingerprint density at radius 3 is 2.52 bits per heavy atom. The van der Waals surface area contributed by atoms with E-state index in [9.17, 15) is 14.0 Å². The van der Waals surface area contributed by atoms with Crippen molar-refractivity contribution in [3.05, 3.63) is 76.7 Å². The molecule has 0 radical (unpaired) electrons. The maximum absolute atomic E-state index is 13.4. The molecule has 0 spiro atoms. The van der Waals surface area contributed by atoms with Crippen LogP contribution in [-0.4, -0.2) is 24.0 Å². The highest BCUT2D eigenvalue weighted by atomic mass is 19.1. The highest BCUT2D eigenvalue weighted by Crippen LogP contribution is 2.43. The van der Waals surface area contributed by atoms with Crippen molar-refractivity contribution in [2.45, 2.75) is 12.8 Å². The number of ether oxygens (including phenoxy) is 1. The first-order valence-electron chi connectivity index (χ1n) is 8.47. The van der Waals surface area contributed by atoms with Crippen molar-refractivity contribution in [1.82, 2.24) is 4.98 Å². The molecule has 1 amide bonds. The van der Waals surface area contributed by atoms with Crippen LogP contribution >= 0.6 is 0 Å². The Hall–Kier alpha value is -3.41. The lowest BCUT2D eigenvalue weighted by Gasteiger charge is -2.13. The van der Waals surface area contributed by atoms with E-state index < -0.39 is 11.9 Å². The summed E-state index contributed by atoms with van der Waals surface area (Å²) in [4.78, 5) is 28.5. The number of methoxy groups -OCH3 is 1. The quantitative estimate of drug-likeness (QED) is 0.690. The first-order valence-corrected chi connectivity index (χ1v) is 8.47. The van der Waals surface area contributed by atoms with Crippen LogP contribution in [0.3, 0.4) is 0 Å². The van der Waals surface area contributed by atoms with Crippen molar-refractivity contribution in [2.24, 2.45) is 0 Å². The Morgan fingerprint density at radius 1 is 1.11 bits per heavy atom. The zero-order chi connectivity index (χ0) is 19.1. The minimum Gasteiger partial charge on any atom is -0.465 e. The van der Waals surface area contributed by atoms with Crippen LogP contribution < -0.4 is 5.32 Å². The molecule has 0 fully saturated rings. The summed E-state index contributed by atoms with van der Waals surface area (Å²) in [6.45, 7) is 1.75. The molecule has 2 aromatic carbocycles. The van der Waals surface area contributed by atoms with Crippen molar-refractivity contribution >= 4 is 17.6 Å². The van der Waals surface area contributed by atoms with Crippen LogP contribution in [0.2, 0.25) is 0 Å². The number of aromatic nitrogens is 1. The van der Waals surface area contributed by atoms with Crippen LogP contribution in [0.1, 0.15) is 33.1 Å². The molecule has 0 unspecified atom stereocenters. The maximum Gasteiger partial charge on any atom is 0.340 e. The van der Waals surface area contributed by atoms with E-state index in [1.807, 2.05) is 24.3 Å². The number of H-pyrrole nitrogens is 1. The summed E-state index contributed by atoms with van der Waals surface area (Å²) in [6, 6.07) is 13.3. The molecule has 1 aliphatic rings. The molecule has 0 bridgehead atoms. The van der Waals surface area contributed by atoms with Gasteiger partial charge in [0.25, 0.3) is 0 Å². The Bertz CT molecular complexity index is 1050. The summed E-state index contributed by atoms with van der Waals surface area (Å²) in [7, 11) is 1.30. The number of benzene rings is 2. The first kappa shape index (κ1) is 17.0. The monoisotopic (exact) mass is 364 g/mol. The molecule has 2 heterocycles. The number of anilines is 1. The highest BCUT2D eigenvalue weighted by molar-refractivity contribution is 6.08. The van der Waals surface area contributed by atoms with E-state index in [2.05, 4.69) is 10.3 Å². The van der Waals surface area contributed by atoms with E-state index in [-0.39, 0.29) is 11.7 Å². The van der Waals surface area contributed by atoms with Gasteiger partial charge in [0.15, 0.2) is 0 Å². The lowest BCUT2D eigenvalue weighted by Crippen LogP contribution is -2.17. The second kappa shape index (κ2) is 6.39. The van der Waals surface area contributed by atoms with Gasteiger partial charge in [0.1, 0.15) is 5.82 Å². The molecule has 0 aliphatic carbocycles. The molecule has 1 aromatic heterocycles. The molecular formula is C21H17FN2O3. The van der Waals surface area contributed by atoms with Crippen LogP contribution in [0, 0.1) is 12.7 Å². The third-order valence-electron chi connectivity index (χ3n) is 4.83. The average molecular weight is 364 g/mol. The molecule has 0 saturated heterocycles. The molecule has 4 rings (SSSR count). The number of para-hydroxylation sites is 1. The normalized spacial score (nSPS) is 15.4. The number of esters is 1. The number of halogens is 1. The van der Waals surface area contributed by atoms with Gasteiger partial charge in [0, 0.05) is 16.9 Å². The Labute approximate surface area is 155 Å². The lowest BCUT2D eigenvalue weighted by atomic mass is 9.87. The lowest BCUT2D eigenvalue weighted by molar-refractivity contribution is -0.116. The number of carbonyl (C=O) groups is 2. The molecule has 6 heteroatoms. The molecule has 1 aliphatic heterocycles. The fraction of sp³-hybridized carbons (Fsp3) is 0.143. The van der Waals surface area contributed by atoms with E-state index in [0.29, 0.717) is 33.8 Å². The minimum absolute atomic E-state index is 0.219. The van der Waals surface area contributed by atoms with Crippen molar-refractivity contribution in [2.75, 3.05) is 12.4 Å². The molecule has 5 nitrogen and oxygen atoms in total. The number of amides is 1. The van der Waals surface area contributed by atoms with Crippen LogP contribution in [-0.2, 0) is 9.53 Å². The van der Waals surface area contributed by atoms with E-state index in [4.69, 9.17) is 4.74 Å². The van der Waals surface area contributed by atoms with E-state index in [1.165, 1.54) is 19.2 Å². The number of fused-ring (bicyclic) bond motifs is 1. The standard InChI is InChI=1S/C21H17FN2O3/c1-11-16(21(26)27-2)18(19(23-11)12-7-9-13(22)10-8-12)17-14-5-3-4-6-15(14)24-20(17)25/h3-10,17,23H,1-2H3,(H,24,25)/t17-/m1/s1. The van der Waals surface area contributed by atoms with Gasteiger partial charge in [-0.2, -0.15) is 0 Å². The molecule has 3 aromatic rings. The summed E-state index contributed by atoms with van der Waals surface area (Å²) in [6.07, 6.45) is 0. The highest BCUT2D eigenvalue weighted by Gasteiger charge is 2.38. The zero-order valence-corrected chi connectivity index (χ0v) is 14.8. The average Bonchev–Trinajstić information content (AvgIpc) is 3.17. The van der Waals surface area contributed by atoms with Gasteiger partial charge >= 0.3 is 5.97 Å². The van der Waals surface area contributed by atoms with Gasteiger partial charge in [-0.15, -0.1) is 0 Å².